The second-order valence-electron chi connectivity index (χ2n) is 7.51. The first-order valence-electron chi connectivity index (χ1n) is 9.25. The summed E-state index contributed by atoms with van der Waals surface area (Å²) >= 11 is 0. The van der Waals surface area contributed by atoms with E-state index in [2.05, 4.69) is 43.2 Å². The Balaban J connectivity index is 1.85. The molecule has 0 fully saturated rings. The second kappa shape index (κ2) is 9.21. The zero-order valence-corrected chi connectivity index (χ0v) is 17.6. The molecule has 0 saturated carbocycles. The van der Waals surface area contributed by atoms with E-state index in [1.54, 1.807) is 12.1 Å². The highest BCUT2D eigenvalue weighted by atomic mass is 32.2. The van der Waals surface area contributed by atoms with Crippen LogP contribution in [0.2, 0.25) is 0 Å². The molecule has 0 aliphatic rings. The van der Waals surface area contributed by atoms with Crippen LogP contribution in [0.1, 0.15) is 45.2 Å². The van der Waals surface area contributed by atoms with E-state index >= 15 is 0 Å². The molecular formula is C21H28N2O4S. The van der Waals surface area contributed by atoms with Crippen molar-refractivity contribution in [3.8, 4) is 5.75 Å². The van der Waals surface area contributed by atoms with Crippen molar-refractivity contribution >= 4 is 15.9 Å². The minimum atomic E-state index is -3.83. The fourth-order valence-corrected chi connectivity index (χ4v) is 3.42. The highest BCUT2D eigenvalue weighted by Crippen LogP contribution is 2.22. The van der Waals surface area contributed by atoms with E-state index in [0.717, 1.165) is 5.56 Å². The number of amides is 1. The molecule has 7 heteroatoms. The van der Waals surface area contributed by atoms with Crippen LogP contribution >= 0.6 is 0 Å². The third kappa shape index (κ3) is 6.35. The number of hydrazine groups is 1. The average Bonchev–Trinajstić information content (AvgIpc) is 2.65. The van der Waals surface area contributed by atoms with Gasteiger partial charge in [0.2, 0.25) is 5.91 Å². The summed E-state index contributed by atoms with van der Waals surface area (Å²) in [6, 6.07) is 14.1. The minimum Gasteiger partial charge on any atom is -0.494 e. The average molecular weight is 405 g/mol. The Bertz CT molecular complexity index is 883. The zero-order chi connectivity index (χ0) is 20.8. The summed E-state index contributed by atoms with van der Waals surface area (Å²) in [7, 11) is -3.83. The summed E-state index contributed by atoms with van der Waals surface area (Å²) in [6.07, 6.45) is 0.710. The molecule has 2 aromatic carbocycles. The van der Waals surface area contributed by atoms with Gasteiger partial charge in [-0.25, -0.2) is 8.42 Å². The van der Waals surface area contributed by atoms with Gasteiger partial charge in [-0.3, -0.25) is 10.2 Å². The van der Waals surface area contributed by atoms with Gasteiger partial charge in [0.05, 0.1) is 11.5 Å². The van der Waals surface area contributed by atoms with Crippen molar-refractivity contribution in [3.05, 3.63) is 59.7 Å². The summed E-state index contributed by atoms with van der Waals surface area (Å²) in [5.41, 5.74) is 4.59. The monoisotopic (exact) mass is 404 g/mol. The highest BCUT2D eigenvalue weighted by Gasteiger charge is 2.16. The number of rotatable bonds is 8. The predicted octanol–water partition coefficient (Wildman–Crippen LogP) is 3.33. The first-order chi connectivity index (χ1) is 13.1. The molecule has 2 aromatic rings. The van der Waals surface area contributed by atoms with Gasteiger partial charge < -0.3 is 4.74 Å². The number of ether oxygens (including phenoxy) is 1. The maximum Gasteiger partial charge on any atom is 0.257 e. The lowest BCUT2D eigenvalue weighted by Gasteiger charge is -2.19. The number of sulfonamides is 1. The molecular weight excluding hydrogens is 376 g/mol. The Morgan fingerprint density at radius 2 is 1.61 bits per heavy atom. The van der Waals surface area contributed by atoms with Crippen molar-refractivity contribution in [1.82, 2.24) is 10.3 Å². The fraction of sp³-hybridized carbons (Fsp3) is 0.381. The second-order valence-corrected chi connectivity index (χ2v) is 9.19. The van der Waals surface area contributed by atoms with E-state index in [1.807, 2.05) is 19.1 Å². The Morgan fingerprint density at radius 1 is 1.00 bits per heavy atom. The Kier molecular flexibility index (Phi) is 7.21. The van der Waals surface area contributed by atoms with Crippen LogP contribution < -0.4 is 15.0 Å². The first kappa shape index (κ1) is 21.9. The Labute approximate surface area is 167 Å². The normalized spacial score (nSPS) is 11.9. The van der Waals surface area contributed by atoms with Crippen molar-refractivity contribution in [2.24, 2.45) is 0 Å². The Hall–Kier alpha value is -2.38. The summed E-state index contributed by atoms with van der Waals surface area (Å²) in [5.74, 6) is 0.192. The topological polar surface area (TPSA) is 84.5 Å². The van der Waals surface area contributed by atoms with E-state index in [0.29, 0.717) is 18.8 Å². The number of benzene rings is 2. The third-order valence-corrected chi connectivity index (χ3v) is 5.49. The van der Waals surface area contributed by atoms with Gasteiger partial charge in [0.1, 0.15) is 5.75 Å². The standard InChI is InChI=1S/C21H28N2O4S/c1-5-27-18-11-13-19(14-12-18)28(25,26)23-22-20(24)15-8-16-6-9-17(10-7-16)21(2,3)4/h6-7,9-14,23H,5,8,15H2,1-4H3,(H,22,24). The van der Waals surface area contributed by atoms with Crippen LogP contribution in [0.3, 0.4) is 0 Å². The smallest absolute Gasteiger partial charge is 0.257 e. The van der Waals surface area contributed by atoms with Gasteiger partial charge in [0.25, 0.3) is 10.0 Å². The number of carbonyl (C=O) groups is 1. The van der Waals surface area contributed by atoms with Gasteiger partial charge in [-0.15, -0.1) is 4.83 Å². The molecule has 0 atom stereocenters. The van der Waals surface area contributed by atoms with Gasteiger partial charge in [0.15, 0.2) is 0 Å². The molecule has 6 nitrogen and oxygen atoms in total. The van der Waals surface area contributed by atoms with Gasteiger partial charge >= 0.3 is 0 Å². The van der Waals surface area contributed by atoms with Gasteiger partial charge in [-0.2, -0.15) is 0 Å². The lowest BCUT2D eigenvalue weighted by atomic mass is 9.86. The quantitative estimate of drug-likeness (QED) is 0.661. The van der Waals surface area contributed by atoms with E-state index in [4.69, 9.17) is 4.74 Å². The SMILES string of the molecule is CCOc1ccc(S(=O)(=O)NNC(=O)CCc2ccc(C(C)(C)C)cc2)cc1. The molecule has 0 aliphatic heterocycles. The van der Waals surface area contributed by atoms with Gasteiger partial charge in [-0.1, -0.05) is 45.0 Å². The van der Waals surface area contributed by atoms with Crippen LogP contribution in [-0.2, 0) is 26.7 Å². The molecule has 0 unspecified atom stereocenters. The molecule has 0 bridgehead atoms. The van der Waals surface area contributed by atoms with Crippen molar-refractivity contribution in [2.45, 2.75) is 50.8 Å². The molecule has 0 spiro atoms. The van der Waals surface area contributed by atoms with Crippen LogP contribution in [-0.4, -0.2) is 20.9 Å². The van der Waals surface area contributed by atoms with E-state index < -0.39 is 15.9 Å². The predicted molar refractivity (Wildman–Crippen MR) is 110 cm³/mol. The number of carbonyl (C=O) groups excluding carboxylic acids is 1. The molecule has 0 radical (unpaired) electrons. The van der Waals surface area contributed by atoms with Crippen molar-refractivity contribution < 1.29 is 17.9 Å². The molecule has 0 saturated heterocycles. The summed E-state index contributed by atoms with van der Waals surface area (Å²) in [6.45, 7) is 8.78. The first-order valence-corrected chi connectivity index (χ1v) is 10.7. The molecule has 152 valence electrons. The minimum absolute atomic E-state index is 0.0500. The number of aryl methyl sites for hydroxylation is 1. The Morgan fingerprint density at radius 3 is 2.14 bits per heavy atom. The van der Waals surface area contributed by atoms with Crippen molar-refractivity contribution in [3.63, 3.8) is 0 Å². The maximum absolute atomic E-state index is 12.2. The number of nitrogens with one attached hydrogen (secondary N) is 2. The largest absolute Gasteiger partial charge is 0.494 e. The molecule has 2 N–H and O–H groups in total. The van der Waals surface area contributed by atoms with Crippen molar-refractivity contribution in [2.75, 3.05) is 6.61 Å². The van der Waals surface area contributed by atoms with Crippen LogP contribution in [0.25, 0.3) is 0 Å². The zero-order valence-electron chi connectivity index (χ0n) is 16.8. The highest BCUT2D eigenvalue weighted by molar-refractivity contribution is 7.89. The fourth-order valence-electron chi connectivity index (χ4n) is 2.56. The van der Waals surface area contributed by atoms with Gasteiger partial charge in [-0.05, 0) is 54.2 Å². The van der Waals surface area contributed by atoms with Crippen molar-refractivity contribution in [1.29, 1.82) is 0 Å². The molecule has 0 aliphatic carbocycles. The van der Waals surface area contributed by atoms with Crippen LogP contribution in [0.15, 0.2) is 53.4 Å². The summed E-state index contributed by atoms with van der Waals surface area (Å²) in [5, 5.41) is 0. The van der Waals surface area contributed by atoms with E-state index in [-0.39, 0.29) is 16.7 Å². The lowest BCUT2D eigenvalue weighted by Crippen LogP contribution is -2.41. The molecule has 28 heavy (non-hydrogen) atoms. The summed E-state index contributed by atoms with van der Waals surface area (Å²) in [4.78, 5) is 14.2. The van der Waals surface area contributed by atoms with Gasteiger partial charge in [0, 0.05) is 6.42 Å². The molecule has 0 aromatic heterocycles. The van der Waals surface area contributed by atoms with E-state index in [9.17, 15) is 13.2 Å². The molecule has 1 amide bonds. The van der Waals surface area contributed by atoms with E-state index in [1.165, 1.54) is 17.7 Å². The number of hydrogen-bond acceptors (Lipinski definition) is 4. The van der Waals surface area contributed by atoms with Crippen LogP contribution in [0.5, 0.6) is 5.75 Å². The lowest BCUT2D eigenvalue weighted by molar-refractivity contribution is -0.121. The molecule has 0 heterocycles. The molecule has 2 rings (SSSR count). The number of hydrogen-bond donors (Lipinski definition) is 2. The maximum atomic E-state index is 12.2. The van der Waals surface area contributed by atoms with Crippen LogP contribution in [0.4, 0.5) is 0 Å². The van der Waals surface area contributed by atoms with Crippen LogP contribution in [0, 0.1) is 0 Å². The third-order valence-electron chi connectivity index (χ3n) is 4.23. The summed E-state index contributed by atoms with van der Waals surface area (Å²) < 4.78 is 29.8.